The Morgan fingerprint density at radius 1 is 1.22 bits per heavy atom. The second-order valence-corrected chi connectivity index (χ2v) is 4.69. The lowest BCUT2D eigenvalue weighted by Gasteiger charge is -2.47. The predicted molar refractivity (Wildman–Crippen MR) is 64.1 cm³/mol. The van der Waals surface area contributed by atoms with Crippen LogP contribution in [0.3, 0.4) is 0 Å². The molecule has 6 nitrogen and oxygen atoms in total. The fourth-order valence-electron chi connectivity index (χ4n) is 1.68. The van der Waals surface area contributed by atoms with Gasteiger partial charge in [-0.25, -0.2) is 0 Å². The zero-order chi connectivity index (χ0) is 13.3. The summed E-state index contributed by atoms with van der Waals surface area (Å²) in [4.78, 5) is 23.6. The Morgan fingerprint density at radius 3 is 2.44 bits per heavy atom. The molecule has 2 rings (SSSR count). The minimum Gasteiger partial charge on any atom is -0.749 e. The van der Waals surface area contributed by atoms with Crippen LogP contribution in [-0.2, 0) is 16.1 Å². The molecule has 0 aromatic heterocycles. The van der Waals surface area contributed by atoms with Crippen LogP contribution in [0.15, 0.2) is 30.3 Å². The monoisotopic (exact) mass is 248 g/mol. The van der Waals surface area contributed by atoms with E-state index in [9.17, 15) is 14.8 Å². The molecule has 0 bridgehead atoms. The lowest BCUT2D eigenvalue weighted by atomic mass is 9.90. The molecule has 6 heteroatoms. The second kappa shape index (κ2) is 4.40. The Kier molecular flexibility index (Phi) is 3.06. The third-order valence-corrected chi connectivity index (χ3v) is 2.93. The van der Waals surface area contributed by atoms with Crippen LogP contribution in [-0.4, -0.2) is 22.1 Å². The van der Waals surface area contributed by atoms with Gasteiger partial charge in [-0.1, -0.05) is 30.3 Å². The van der Waals surface area contributed by atoms with Gasteiger partial charge < -0.3 is 5.21 Å². The number of nitrogens with zero attached hydrogens (tertiary/aromatic N) is 2. The van der Waals surface area contributed by atoms with Gasteiger partial charge in [-0.15, -0.1) is 0 Å². The number of benzene rings is 1. The normalized spacial score (nSPS) is 19.8. The van der Waals surface area contributed by atoms with E-state index in [1.165, 1.54) is 13.8 Å². The van der Waals surface area contributed by atoms with Gasteiger partial charge in [-0.3, -0.25) is 20.0 Å². The van der Waals surface area contributed by atoms with Crippen molar-refractivity contribution in [1.29, 1.82) is 0 Å². The molecular weight excluding hydrogens is 234 g/mol. The van der Waals surface area contributed by atoms with E-state index in [0.29, 0.717) is 0 Å². The highest BCUT2D eigenvalue weighted by Crippen LogP contribution is 2.25. The van der Waals surface area contributed by atoms with Crippen LogP contribution in [0.1, 0.15) is 19.4 Å². The van der Waals surface area contributed by atoms with Crippen molar-refractivity contribution in [2.24, 2.45) is 5.41 Å². The maximum absolute atomic E-state index is 12.1. The number of hydrazine groups is 2. The largest absolute Gasteiger partial charge is 0.749 e. The molecule has 1 saturated heterocycles. The smallest absolute Gasteiger partial charge is 0.252 e. The van der Waals surface area contributed by atoms with Crippen LogP contribution in [0.5, 0.6) is 0 Å². The third-order valence-electron chi connectivity index (χ3n) is 2.93. The summed E-state index contributed by atoms with van der Waals surface area (Å²) in [5.74, 6) is -1.10. The van der Waals surface area contributed by atoms with E-state index < -0.39 is 17.2 Å². The SMILES string of the molecule is CC1(C)C(=O)NN([O-])N(Cc2ccccc2)C1=O. The number of hydrogen-bond acceptors (Lipinski definition) is 4. The maximum Gasteiger partial charge on any atom is 0.252 e. The predicted octanol–water partition coefficient (Wildman–Crippen LogP) is 0.801. The molecule has 1 aliphatic heterocycles. The Morgan fingerprint density at radius 2 is 1.83 bits per heavy atom. The molecule has 1 N–H and O–H groups in total. The molecule has 1 fully saturated rings. The summed E-state index contributed by atoms with van der Waals surface area (Å²) < 4.78 is 0. The Bertz CT molecular complexity index is 473. The minimum absolute atomic E-state index is 0.132. The Balaban J connectivity index is 2.22. The standard InChI is InChI=1S/C12H14N3O3/c1-12(2)10(16)13-15(18)14(11(12)17)8-9-6-4-3-5-7-9/h3-7H,8H2,1-2H3,(H,13,16)/q-1. The van der Waals surface area contributed by atoms with Gasteiger partial charge in [0.05, 0.1) is 6.54 Å². The van der Waals surface area contributed by atoms with Crippen molar-refractivity contribution in [1.82, 2.24) is 15.7 Å². The van der Waals surface area contributed by atoms with E-state index in [0.717, 1.165) is 10.6 Å². The maximum atomic E-state index is 12.1. The zero-order valence-corrected chi connectivity index (χ0v) is 10.2. The molecule has 2 amide bonds. The average molecular weight is 248 g/mol. The molecule has 0 unspecified atom stereocenters. The van der Waals surface area contributed by atoms with Gasteiger partial charge >= 0.3 is 0 Å². The van der Waals surface area contributed by atoms with Crippen LogP contribution in [0, 0.1) is 10.6 Å². The summed E-state index contributed by atoms with van der Waals surface area (Å²) in [6.07, 6.45) is 0. The van der Waals surface area contributed by atoms with Crippen LogP contribution in [0.25, 0.3) is 0 Å². The first-order valence-electron chi connectivity index (χ1n) is 5.57. The van der Waals surface area contributed by atoms with Gasteiger partial charge in [-0.2, -0.15) is 5.28 Å². The van der Waals surface area contributed by atoms with E-state index in [1.807, 2.05) is 30.3 Å². The van der Waals surface area contributed by atoms with Gasteiger partial charge in [0.15, 0.2) is 0 Å². The number of carbonyl (C=O) groups excluding carboxylic acids is 2. The van der Waals surface area contributed by atoms with Crippen molar-refractivity contribution in [3.05, 3.63) is 41.1 Å². The lowest BCUT2D eigenvalue weighted by Crippen LogP contribution is -2.65. The summed E-state index contributed by atoms with van der Waals surface area (Å²) in [5.41, 5.74) is 1.71. The molecule has 0 saturated carbocycles. The fraction of sp³-hybridized carbons (Fsp3) is 0.333. The number of nitrogens with one attached hydrogen (secondary N) is 1. The molecule has 0 aliphatic carbocycles. The Labute approximate surface area is 105 Å². The number of carbonyl (C=O) groups is 2. The molecule has 0 atom stereocenters. The summed E-state index contributed by atoms with van der Waals surface area (Å²) >= 11 is 0. The van der Waals surface area contributed by atoms with E-state index in [4.69, 9.17) is 0 Å². The second-order valence-electron chi connectivity index (χ2n) is 4.69. The highest BCUT2D eigenvalue weighted by molar-refractivity contribution is 6.05. The van der Waals surface area contributed by atoms with Gasteiger partial charge in [0.2, 0.25) is 5.91 Å². The van der Waals surface area contributed by atoms with Gasteiger partial charge in [0, 0.05) is 0 Å². The van der Waals surface area contributed by atoms with Crippen molar-refractivity contribution in [3.63, 3.8) is 0 Å². The lowest BCUT2D eigenvalue weighted by molar-refractivity contribution is -0.180. The summed E-state index contributed by atoms with van der Waals surface area (Å²) in [7, 11) is 0. The molecule has 1 heterocycles. The van der Waals surface area contributed by atoms with E-state index in [-0.39, 0.29) is 11.8 Å². The van der Waals surface area contributed by atoms with Crippen LogP contribution in [0.2, 0.25) is 0 Å². The topological polar surface area (TPSA) is 75.7 Å². The first-order chi connectivity index (χ1) is 8.43. The molecule has 1 aromatic rings. The van der Waals surface area contributed by atoms with Crippen LogP contribution in [0.4, 0.5) is 0 Å². The number of rotatable bonds is 2. The molecule has 1 aliphatic rings. The quantitative estimate of drug-likeness (QED) is 0.785. The molecule has 0 spiro atoms. The number of hydrogen-bond donors (Lipinski definition) is 1. The van der Waals surface area contributed by atoms with E-state index in [1.54, 1.807) is 0 Å². The highest BCUT2D eigenvalue weighted by atomic mass is 16.6. The van der Waals surface area contributed by atoms with Crippen LogP contribution >= 0.6 is 0 Å². The molecular formula is C12H14N3O3-. The summed E-state index contributed by atoms with van der Waals surface area (Å²) in [6, 6.07) is 9.11. The average Bonchev–Trinajstić information content (AvgIpc) is 2.34. The number of amides is 2. The highest BCUT2D eigenvalue weighted by Gasteiger charge is 2.44. The third kappa shape index (κ3) is 2.07. The van der Waals surface area contributed by atoms with Crippen LogP contribution < -0.4 is 5.43 Å². The van der Waals surface area contributed by atoms with E-state index >= 15 is 0 Å². The molecule has 18 heavy (non-hydrogen) atoms. The first kappa shape index (κ1) is 12.5. The summed E-state index contributed by atoms with van der Waals surface area (Å²) in [5, 5.41) is 12.8. The fourth-order valence-corrected chi connectivity index (χ4v) is 1.68. The summed E-state index contributed by atoms with van der Waals surface area (Å²) in [6.45, 7) is 3.12. The van der Waals surface area contributed by atoms with Crippen molar-refractivity contribution in [2.75, 3.05) is 0 Å². The first-order valence-corrected chi connectivity index (χ1v) is 5.57. The molecule has 96 valence electrons. The molecule has 1 aromatic carbocycles. The Hall–Kier alpha value is -1.92. The van der Waals surface area contributed by atoms with Crippen molar-refractivity contribution in [2.45, 2.75) is 20.4 Å². The van der Waals surface area contributed by atoms with E-state index in [2.05, 4.69) is 5.43 Å². The van der Waals surface area contributed by atoms with Crippen molar-refractivity contribution < 1.29 is 9.59 Å². The van der Waals surface area contributed by atoms with Gasteiger partial charge in [0.25, 0.3) is 5.91 Å². The minimum atomic E-state index is -1.23. The zero-order valence-electron chi connectivity index (χ0n) is 10.2. The molecule has 0 radical (unpaired) electrons. The van der Waals surface area contributed by atoms with Gasteiger partial charge in [-0.05, 0) is 19.4 Å². The van der Waals surface area contributed by atoms with Crippen molar-refractivity contribution >= 4 is 11.8 Å². The van der Waals surface area contributed by atoms with Crippen molar-refractivity contribution in [3.8, 4) is 0 Å². The van der Waals surface area contributed by atoms with Gasteiger partial charge in [0.1, 0.15) is 5.41 Å².